The van der Waals surface area contributed by atoms with Gasteiger partial charge in [-0.1, -0.05) is 44.2 Å². The lowest BCUT2D eigenvalue weighted by Crippen LogP contribution is -2.47. The number of imide groups is 1. The molecule has 1 unspecified atom stereocenters. The number of benzene rings is 2. The van der Waals surface area contributed by atoms with Gasteiger partial charge in [0.1, 0.15) is 6.04 Å². The van der Waals surface area contributed by atoms with E-state index >= 15 is 0 Å². The average Bonchev–Trinajstić information content (AvgIpc) is 3.34. The highest BCUT2D eigenvalue weighted by Gasteiger charge is 2.43. The quantitative estimate of drug-likeness (QED) is 0.459. The van der Waals surface area contributed by atoms with E-state index in [9.17, 15) is 22.8 Å². The van der Waals surface area contributed by atoms with Gasteiger partial charge in [0.15, 0.2) is 5.13 Å². The number of rotatable bonds is 8. The van der Waals surface area contributed by atoms with Crippen LogP contribution in [0.15, 0.2) is 47.4 Å². The minimum Gasteiger partial charge on any atom is -0.300 e. The second-order valence-corrected chi connectivity index (χ2v) is 11.8. The van der Waals surface area contributed by atoms with E-state index in [1.807, 2.05) is 13.8 Å². The summed E-state index contributed by atoms with van der Waals surface area (Å²) in [7, 11) is -2.12. The predicted octanol–water partition coefficient (Wildman–Crippen LogP) is 3.59. The molecule has 0 saturated carbocycles. The van der Waals surface area contributed by atoms with Crippen molar-refractivity contribution in [3.8, 4) is 0 Å². The maximum absolute atomic E-state index is 13.3. The third-order valence-electron chi connectivity index (χ3n) is 5.88. The Morgan fingerprint density at radius 3 is 2.31 bits per heavy atom. The van der Waals surface area contributed by atoms with Crippen LogP contribution in [-0.2, 0) is 14.8 Å². The number of nitrogens with zero attached hydrogens (tertiary/aromatic N) is 3. The largest absolute Gasteiger partial charge is 0.300 e. The van der Waals surface area contributed by atoms with E-state index in [1.165, 1.54) is 23.5 Å². The number of sulfonamides is 1. The van der Waals surface area contributed by atoms with Crippen molar-refractivity contribution in [1.82, 2.24) is 14.2 Å². The molecular formula is C24H26N4O5S2. The van der Waals surface area contributed by atoms with Crippen LogP contribution in [0.4, 0.5) is 5.13 Å². The molecule has 35 heavy (non-hydrogen) atoms. The molecular weight excluding hydrogens is 488 g/mol. The Bertz CT molecular complexity index is 1400. The first-order chi connectivity index (χ1) is 16.5. The highest BCUT2D eigenvalue weighted by Crippen LogP contribution is 2.31. The first-order valence-corrected chi connectivity index (χ1v) is 13.4. The monoisotopic (exact) mass is 514 g/mol. The van der Waals surface area contributed by atoms with Crippen LogP contribution in [0.3, 0.4) is 0 Å². The van der Waals surface area contributed by atoms with E-state index < -0.39 is 33.8 Å². The number of thiazole rings is 1. The van der Waals surface area contributed by atoms with Crippen molar-refractivity contribution in [1.29, 1.82) is 0 Å². The number of carbonyl (C=O) groups is 3. The van der Waals surface area contributed by atoms with Gasteiger partial charge in [-0.05, 0) is 42.7 Å². The number of carbonyl (C=O) groups excluding carboxylic acids is 3. The van der Waals surface area contributed by atoms with Crippen LogP contribution in [0.25, 0.3) is 10.2 Å². The van der Waals surface area contributed by atoms with Gasteiger partial charge in [0.2, 0.25) is 15.9 Å². The molecule has 0 fully saturated rings. The van der Waals surface area contributed by atoms with Crippen molar-refractivity contribution in [2.75, 3.05) is 18.9 Å². The van der Waals surface area contributed by atoms with Crippen molar-refractivity contribution in [3.63, 3.8) is 0 Å². The molecule has 1 atom stereocenters. The number of aromatic nitrogens is 1. The van der Waals surface area contributed by atoms with Gasteiger partial charge in [-0.25, -0.2) is 17.7 Å². The van der Waals surface area contributed by atoms with Crippen LogP contribution in [0.2, 0.25) is 0 Å². The van der Waals surface area contributed by atoms with Crippen LogP contribution in [0.1, 0.15) is 47.9 Å². The van der Waals surface area contributed by atoms with Gasteiger partial charge >= 0.3 is 0 Å². The maximum Gasteiger partial charge on any atom is 0.262 e. The van der Waals surface area contributed by atoms with Crippen molar-refractivity contribution in [3.05, 3.63) is 53.6 Å². The van der Waals surface area contributed by atoms with Crippen LogP contribution in [0.5, 0.6) is 0 Å². The zero-order chi connectivity index (χ0) is 25.5. The highest BCUT2D eigenvalue weighted by molar-refractivity contribution is 7.89. The molecule has 184 valence electrons. The van der Waals surface area contributed by atoms with Gasteiger partial charge in [0, 0.05) is 13.6 Å². The van der Waals surface area contributed by atoms with Crippen molar-refractivity contribution < 1.29 is 22.8 Å². The molecule has 3 amide bonds. The Labute approximate surface area is 207 Å². The summed E-state index contributed by atoms with van der Waals surface area (Å²) < 4.78 is 27.1. The van der Waals surface area contributed by atoms with Crippen LogP contribution in [-0.4, -0.2) is 60.0 Å². The third-order valence-corrected chi connectivity index (χ3v) is 8.74. The number of hydrogen-bond acceptors (Lipinski definition) is 7. The summed E-state index contributed by atoms with van der Waals surface area (Å²) in [5, 5.41) is 2.99. The second kappa shape index (κ2) is 9.48. The summed E-state index contributed by atoms with van der Waals surface area (Å²) in [6.45, 7) is 5.90. The molecule has 1 aliphatic heterocycles. The summed E-state index contributed by atoms with van der Waals surface area (Å²) in [6, 6.07) is 10.1. The molecule has 11 heteroatoms. The zero-order valence-corrected chi connectivity index (χ0v) is 21.4. The minimum atomic E-state index is -3.63. The molecule has 0 radical (unpaired) electrons. The van der Waals surface area contributed by atoms with E-state index in [-0.39, 0.29) is 33.5 Å². The van der Waals surface area contributed by atoms with E-state index in [0.717, 1.165) is 16.2 Å². The number of anilines is 1. The molecule has 1 N–H and O–H groups in total. The fraction of sp³-hybridized carbons (Fsp3) is 0.333. The zero-order valence-electron chi connectivity index (χ0n) is 19.8. The highest BCUT2D eigenvalue weighted by atomic mass is 32.2. The lowest BCUT2D eigenvalue weighted by molar-refractivity contribution is -0.120. The normalized spacial score (nSPS) is 14.7. The molecule has 0 saturated heterocycles. The molecule has 0 aliphatic carbocycles. The molecule has 9 nitrogen and oxygen atoms in total. The minimum absolute atomic E-state index is 0.0359. The molecule has 4 rings (SSSR count). The molecule has 2 heterocycles. The van der Waals surface area contributed by atoms with E-state index in [4.69, 9.17) is 0 Å². The Balaban J connectivity index is 1.62. The van der Waals surface area contributed by atoms with Gasteiger partial charge in [-0.3, -0.25) is 19.3 Å². The summed E-state index contributed by atoms with van der Waals surface area (Å²) in [4.78, 5) is 44.9. The van der Waals surface area contributed by atoms with Crippen molar-refractivity contribution in [2.45, 2.75) is 38.1 Å². The standard InChI is InChI=1S/C24H26N4O5S2/c1-5-27(4)35(32,33)15-10-11-18-20(13-15)34-24(25-18)26-21(29)19(12-14(2)3)28-22(30)16-8-6-7-9-17(16)23(28)31/h6-11,13-14,19H,5,12H2,1-4H3,(H,25,26,29). The number of hydrogen-bond donors (Lipinski definition) is 1. The smallest absolute Gasteiger partial charge is 0.262 e. The fourth-order valence-corrected chi connectivity index (χ4v) is 6.11. The molecule has 2 aromatic carbocycles. The van der Waals surface area contributed by atoms with Crippen molar-refractivity contribution in [2.24, 2.45) is 5.92 Å². The van der Waals surface area contributed by atoms with Gasteiger partial charge in [0.05, 0.1) is 26.2 Å². The average molecular weight is 515 g/mol. The van der Waals surface area contributed by atoms with Crippen LogP contribution >= 0.6 is 11.3 Å². The first kappa shape index (κ1) is 25.0. The second-order valence-electron chi connectivity index (χ2n) is 8.73. The number of fused-ring (bicyclic) bond motifs is 2. The molecule has 0 bridgehead atoms. The molecule has 3 aromatic rings. The summed E-state index contributed by atoms with van der Waals surface area (Å²) in [5.74, 6) is -1.48. The SMILES string of the molecule is CCN(C)S(=O)(=O)c1ccc2nc(NC(=O)C(CC(C)C)N3C(=O)c4ccccc4C3=O)sc2c1. The molecule has 1 aliphatic rings. The van der Waals surface area contributed by atoms with Gasteiger partial charge in [-0.2, -0.15) is 0 Å². The first-order valence-electron chi connectivity index (χ1n) is 11.2. The molecule has 1 aromatic heterocycles. The van der Waals surface area contributed by atoms with E-state index in [1.54, 1.807) is 37.3 Å². The number of nitrogens with one attached hydrogen (secondary N) is 1. The summed E-state index contributed by atoms with van der Waals surface area (Å²) in [6.07, 6.45) is 0.286. The van der Waals surface area contributed by atoms with Gasteiger partial charge < -0.3 is 5.32 Å². The molecule has 0 spiro atoms. The Morgan fingerprint density at radius 2 is 1.74 bits per heavy atom. The Kier molecular flexibility index (Phi) is 6.76. The van der Waals surface area contributed by atoms with E-state index in [2.05, 4.69) is 10.3 Å². The fourth-order valence-electron chi connectivity index (χ4n) is 3.92. The third kappa shape index (κ3) is 4.58. The van der Waals surface area contributed by atoms with E-state index in [0.29, 0.717) is 16.8 Å². The topological polar surface area (TPSA) is 117 Å². The van der Waals surface area contributed by atoms with Gasteiger partial charge in [-0.15, -0.1) is 0 Å². The summed E-state index contributed by atoms with van der Waals surface area (Å²) in [5.41, 5.74) is 1.10. The predicted molar refractivity (Wildman–Crippen MR) is 134 cm³/mol. The maximum atomic E-state index is 13.3. The van der Waals surface area contributed by atoms with Gasteiger partial charge in [0.25, 0.3) is 11.8 Å². The lowest BCUT2D eigenvalue weighted by Gasteiger charge is -2.26. The lowest BCUT2D eigenvalue weighted by atomic mass is 10.0. The van der Waals surface area contributed by atoms with Crippen LogP contribution in [0, 0.1) is 5.92 Å². The Hall–Kier alpha value is -3.15. The number of amides is 3. The van der Waals surface area contributed by atoms with Crippen LogP contribution < -0.4 is 5.32 Å². The van der Waals surface area contributed by atoms with Crippen molar-refractivity contribution >= 4 is 54.4 Å². The summed E-state index contributed by atoms with van der Waals surface area (Å²) >= 11 is 1.13. The Morgan fingerprint density at radius 1 is 1.11 bits per heavy atom.